The van der Waals surface area contributed by atoms with Gasteiger partial charge in [0.1, 0.15) is 0 Å². The smallest absolute Gasteiger partial charge is 0.253 e. The van der Waals surface area contributed by atoms with Crippen molar-refractivity contribution in [3.05, 3.63) is 34.3 Å². The van der Waals surface area contributed by atoms with Gasteiger partial charge in [0, 0.05) is 35.1 Å². The van der Waals surface area contributed by atoms with Gasteiger partial charge in [0.05, 0.1) is 0 Å². The minimum absolute atomic E-state index is 0.0542. The van der Waals surface area contributed by atoms with Crippen molar-refractivity contribution in [2.75, 3.05) is 13.1 Å². The minimum Gasteiger partial charge on any atom is -0.353 e. The summed E-state index contributed by atoms with van der Waals surface area (Å²) in [6, 6.07) is 7.85. The van der Waals surface area contributed by atoms with Crippen LogP contribution in [-0.2, 0) is 4.79 Å². The van der Waals surface area contributed by atoms with E-state index in [1.807, 2.05) is 29.2 Å². The third-order valence-corrected chi connectivity index (χ3v) is 5.67. The highest BCUT2D eigenvalue weighted by molar-refractivity contribution is 9.10. The standard InChI is InChI=1S/C19H25BrN2O2/c20-16-6-4-5-15(13-16)19(24)22-11-9-14(10-12-22)18(23)21-17-7-2-1-3-8-17/h4-6,13-14,17H,1-3,7-12H2,(H,21,23). The first-order valence-electron chi connectivity index (χ1n) is 8.99. The Bertz CT molecular complexity index is 591. The molecule has 2 fully saturated rings. The maximum Gasteiger partial charge on any atom is 0.253 e. The van der Waals surface area contributed by atoms with Crippen LogP contribution in [0.1, 0.15) is 55.3 Å². The molecule has 0 spiro atoms. The average molecular weight is 393 g/mol. The zero-order valence-corrected chi connectivity index (χ0v) is 15.6. The minimum atomic E-state index is 0.0542. The maximum absolute atomic E-state index is 12.5. The number of likely N-dealkylation sites (tertiary alicyclic amines) is 1. The number of piperidine rings is 1. The van der Waals surface area contributed by atoms with E-state index in [1.54, 1.807) is 0 Å². The van der Waals surface area contributed by atoms with Crippen LogP contribution in [0.15, 0.2) is 28.7 Å². The number of hydrogen-bond acceptors (Lipinski definition) is 2. The Balaban J connectivity index is 1.50. The summed E-state index contributed by atoms with van der Waals surface area (Å²) >= 11 is 3.41. The van der Waals surface area contributed by atoms with Gasteiger partial charge in [-0.2, -0.15) is 0 Å². The second-order valence-corrected chi connectivity index (χ2v) is 7.84. The van der Waals surface area contributed by atoms with Crippen molar-refractivity contribution in [2.24, 2.45) is 5.92 Å². The van der Waals surface area contributed by atoms with Gasteiger partial charge in [0.25, 0.3) is 5.91 Å². The zero-order valence-electron chi connectivity index (χ0n) is 14.0. The molecule has 1 aromatic rings. The fraction of sp³-hybridized carbons (Fsp3) is 0.579. The molecule has 2 aliphatic rings. The lowest BCUT2D eigenvalue weighted by atomic mass is 9.92. The molecule has 1 saturated heterocycles. The lowest BCUT2D eigenvalue weighted by molar-refractivity contribution is -0.127. The van der Waals surface area contributed by atoms with Crippen molar-refractivity contribution < 1.29 is 9.59 Å². The zero-order chi connectivity index (χ0) is 16.9. The predicted octanol–water partition coefficient (Wildman–Crippen LogP) is 3.75. The van der Waals surface area contributed by atoms with Crippen molar-refractivity contribution in [3.63, 3.8) is 0 Å². The van der Waals surface area contributed by atoms with Crippen LogP contribution in [-0.4, -0.2) is 35.8 Å². The normalized spacial score (nSPS) is 20.0. The summed E-state index contributed by atoms with van der Waals surface area (Å²) in [5, 5.41) is 3.22. The van der Waals surface area contributed by atoms with E-state index < -0.39 is 0 Å². The molecular formula is C19H25BrN2O2. The molecular weight excluding hydrogens is 368 g/mol. The summed E-state index contributed by atoms with van der Waals surface area (Å²) in [7, 11) is 0. The first-order chi connectivity index (χ1) is 11.6. The molecule has 1 heterocycles. The predicted molar refractivity (Wildman–Crippen MR) is 97.8 cm³/mol. The number of nitrogens with zero attached hydrogens (tertiary/aromatic N) is 1. The van der Waals surface area contributed by atoms with Gasteiger partial charge in [0.15, 0.2) is 0 Å². The first kappa shape index (κ1) is 17.5. The van der Waals surface area contributed by atoms with Crippen LogP contribution in [0.2, 0.25) is 0 Å². The lowest BCUT2D eigenvalue weighted by Gasteiger charge is -2.33. The van der Waals surface area contributed by atoms with Crippen molar-refractivity contribution in [2.45, 2.75) is 51.0 Å². The van der Waals surface area contributed by atoms with Gasteiger partial charge in [0.2, 0.25) is 5.91 Å². The van der Waals surface area contributed by atoms with E-state index in [-0.39, 0.29) is 17.7 Å². The van der Waals surface area contributed by atoms with Gasteiger partial charge in [-0.05, 0) is 43.9 Å². The third-order valence-electron chi connectivity index (χ3n) is 5.18. The Kier molecular flexibility index (Phi) is 5.93. The molecule has 0 aromatic heterocycles. The number of amides is 2. The first-order valence-corrected chi connectivity index (χ1v) is 9.78. The van der Waals surface area contributed by atoms with Crippen LogP contribution >= 0.6 is 15.9 Å². The Morgan fingerprint density at radius 3 is 2.42 bits per heavy atom. The Labute approximate surface area is 152 Å². The van der Waals surface area contributed by atoms with Crippen molar-refractivity contribution in [3.8, 4) is 0 Å². The van der Waals surface area contributed by atoms with Gasteiger partial charge in [-0.15, -0.1) is 0 Å². The van der Waals surface area contributed by atoms with E-state index in [2.05, 4.69) is 21.2 Å². The summed E-state index contributed by atoms with van der Waals surface area (Å²) in [6.07, 6.45) is 7.51. The Morgan fingerprint density at radius 1 is 1.04 bits per heavy atom. The number of carbonyl (C=O) groups is 2. The molecule has 1 saturated carbocycles. The molecule has 1 aromatic carbocycles. The molecule has 130 valence electrons. The van der Waals surface area contributed by atoms with Crippen molar-refractivity contribution in [1.29, 1.82) is 0 Å². The highest BCUT2D eigenvalue weighted by Gasteiger charge is 2.29. The van der Waals surface area contributed by atoms with Crippen LogP contribution < -0.4 is 5.32 Å². The van der Waals surface area contributed by atoms with Gasteiger partial charge in [-0.1, -0.05) is 41.3 Å². The van der Waals surface area contributed by atoms with Gasteiger partial charge in [-0.25, -0.2) is 0 Å². The van der Waals surface area contributed by atoms with E-state index in [4.69, 9.17) is 0 Å². The average Bonchev–Trinajstić information content (AvgIpc) is 2.62. The number of halogens is 1. The Hall–Kier alpha value is -1.36. The Morgan fingerprint density at radius 2 is 1.75 bits per heavy atom. The molecule has 1 aliphatic carbocycles. The largest absolute Gasteiger partial charge is 0.353 e. The van der Waals surface area contributed by atoms with Crippen LogP contribution in [0.3, 0.4) is 0 Å². The number of rotatable bonds is 3. The number of benzene rings is 1. The van der Waals surface area contributed by atoms with Gasteiger partial charge < -0.3 is 10.2 Å². The molecule has 1 aliphatic heterocycles. The van der Waals surface area contributed by atoms with E-state index in [0.29, 0.717) is 24.7 Å². The topological polar surface area (TPSA) is 49.4 Å². The summed E-state index contributed by atoms with van der Waals surface area (Å²) < 4.78 is 0.912. The van der Waals surface area contributed by atoms with Crippen LogP contribution in [0.25, 0.3) is 0 Å². The van der Waals surface area contributed by atoms with Crippen LogP contribution in [0.4, 0.5) is 0 Å². The van der Waals surface area contributed by atoms with Gasteiger partial charge in [-0.3, -0.25) is 9.59 Å². The van der Waals surface area contributed by atoms with E-state index in [1.165, 1.54) is 19.3 Å². The molecule has 0 bridgehead atoms. The molecule has 0 unspecified atom stereocenters. The van der Waals surface area contributed by atoms with Crippen molar-refractivity contribution >= 4 is 27.7 Å². The monoisotopic (exact) mass is 392 g/mol. The number of hydrogen-bond donors (Lipinski definition) is 1. The SMILES string of the molecule is O=C(NC1CCCCC1)C1CCN(C(=O)c2cccc(Br)c2)CC1. The molecule has 0 radical (unpaired) electrons. The maximum atomic E-state index is 12.5. The molecule has 2 amide bonds. The number of carbonyl (C=O) groups excluding carboxylic acids is 2. The van der Waals surface area contributed by atoms with Crippen molar-refractivity contribution in [1.82, 2.24) is 10.2 Å². The number of nitrogens with one attached hydrogen (secondary N) is 1. The highest BCUT2D eigenvalue weighted by atomic mass is 79.9. The second-order valence-electron chi connectivity index (χ2n) is 6.92. The lowest BCUT2D eigenvalue weighted by Crippen LogP contribution is -2.45. The molecule has 4 nitrogen and oxygen atoms in total. The summed E-state index contributed by atoms with van der Waals surface area (Å²) in [5.41, 5.74) is 0.703. The van der Waals surface area contributed by atoms with E-state index >= 15 is 0 Å². The summed E-state index contributed by atoms with van der Waals surface area (Å²) in [4.78, 5) is 26.9. The van der Waals surface area contributed by atoms with Crippen LogP contribution in [0.5, 0.6) is 0 Å². The second kappa shape index (κ2) is 8.15. The summed E-state index contributed by atoms with van der Waals surface area (Å²) in [5.74, 6) is 0.303. The third kappa shape index (κ3) is 4.38. The fourth-order valence-corrected chi connectivity index (χ4v) is 4.11. The van der Waals surface area contributed by atoms with Crippen LogP contribution in [0, 0.1) is 5.92 Å². The summed E-state index contributed by atoms with van der Waals surface area (Å²) in [6.45, 7) is 1.32. The molecule has 5 heteroatoms. The van der Waals surface area contributed by atoms with E-state index in [9.17, 15) is 9.59 Å². The fourth-order valence-electron chi connectivity index (χ4n) is 3.71. The highest BCUT2D eigenvalue weighted by Crippen LogP contribution is 2.22. The molecule has 1 N–H and O–H groups in total. The molecule has 24 heavy (non-hydrogen) atoms. The quantitative estimate of drug-likeness (QED) is 0.851. The molecule has 3 rings (SSSR count). The van der Waals surface area contributed by atoms with E-state index in [0.717, 1.165) is 30.2 Å². The molecule has 0 atom stereocenters. The van der Waals surface area contributed by atoms with Gasteiger partial charge >= 0.3 is 0 Å².